The van der Waals surface area contributed by atoms with Gasteiger partial charge in [-0.3, -0.25) is 4.79 Å². The summed E-state index contributed by atoms with van der Waals surface area (Å²) in [6.45, 7) is 0.190. The van der Waals surface area contributed by atoms with Crippen LogP contribution in [0.4, 0.5) is 32.0 Å². The molecule has 2 N–H and O–H groups in total. The molecule has 0 aromatic heterocycles. The van der Waals surface area contributed by atoms with Crippen molar-refractivity contribution >= 4 is 11.6 Å². The molecular formula is C18H15F6NO3. The van der Waals surface area contributed by atoms with Gasteiger partial charge in [0.1, 0.15) is 12.4 Å². The van der Waals surface area contributed by atoms with Crippen LogP contribution in [0.3, 0.4) is 0 Å². The number of benzene rings is 2. The Hall–Kier alpha value is -2.75. The number of carbonyl (C=O) groups excluding carboxylic acids is 1. The third kappa shape index (κ3) is 5.38. The van der Waals surface area contributed by atoms with Crippen molar-refractivity contribution in [3.8, 4) is 5.75 Å². The van der Waals surface area contributed by atoms with Gasteiger partial charge in [-0.05, 0) is 43.3 Å². The van der Waals surface area contributed by atoms with E-state index in [1.165, 1.54) is 6.07 Å². The van der Waals surface area contributed by atoms with Gasteiger partial charge < -0.3 is 15.2 Å². The molecule has 0 spiro atoms. The number of ether oxygens (including phenoxy) is 1. The molecule has 4 nitrogen and oxygen atoms in total. The molecule has 152 valence electrons. The van der Waals surface area contributed by atoms with Crippen molar-refractivity contribution in [2.24, 2.45) is 0 Å². The van der Waals surface area contributed by atoms with Crippen molar-refractivity contribution in [1.29, 1.82) is 0 Å². The highest BCUT2D eigenvalue weighted by atomic mass is 19.4. The summed E-state index contributed by atoms with van der Waals surface area (Å²) in [4.78, 5) is 12.1. The predicted octanol–water partition coefficient (Wildman–Crippen LogP) is 4.49. The molecule has 1 unspecified atom stereocenters. The molecule has 2 rings (SSSR count). The zero-order valence-corrected chi connectivity index (χ0v) is 14.4. The zero-order valence-electron chi connectivity index (χ0n) is 14.4. The fraction of sp³-hybridized carbons (Fsp3) is 0.278. The number of nitrogens with one attached hydrogen (secondary N) is 1. The second-order valence-electron chi connectivity index (χ2n) is 6.09. The van der Waals surface area contributed by atoms with Crippen LogP contribution in [0.25, 0.3) is 0 Å². The fourth-order valence-corrected chi connectivity index (χ4v) is 2.12. The Bertz CT molecular complexity index is 828. The first-order chi connectivity index (χ1) is 12.8. The van der Waals surface area contributed by atoms with Crippen molar-refractivity contribution in [1.82, 2.24) is 0 Å². The number of carbonyl (C=O) groups is 1. The molecule has 0 aliphatic heterocycles. The van der Waals surface area contributed by atoms with Crippen LogP contribution in [0.15, 0.2) is 48.5 Å². The minimum absolute atomic E-state index is 0.0334. The van der Waals surface area contributed by atoms with E-state index in [1.807, 2.05) is 0 Å². The zero-order chi connectivity index (χ0) is 21.2. The molecule has 10 heteroatoms. The second-order valence-corrected chi connectivity index (χ2v) is 6.09. The molecule has 2 aromatic carbocycles. The average molecular weight is 407 g/mol. The minimum Gasteiger partial charge on any atom is -0.489 e. The van der Waals surface area contributed by atoms with Crippen LogP contribution in [0.2, 0.25) is 0 Å². The molecular weight excluding hydrogens is 392 g/mol. The highest BCUT2D eigenvalue weighted by molar-refractivity contribution is 5.96. The van der Waals surface area contributed by atoms with Crippen LogP contribution in [-0.4, -0.2) is 23.2 Å². The van der Waals surface area contributed by atoms with Crippen molar-refractivity contribution in [2.45, 2.75) is 24.9 Å². The molecule has 1 atom stereocenters. The number of aliphatic hydroxyl groups is 1. The number of anilines is 1. The molecule has 1 amide bonds. The fourth-order valence-electron chi connectivity index (χ4n) is 2.12. The molecule has 0 fully saturated rings. The van der Waals surface area contributed by atoms with E-state index in [2.05, 4.69) is 5.32 Å². The van der Waals surface area contributed by atoms with Crippen LogP contribution in [0, 0.1) is 0 Å². The molecule has 0 aliphatic rings. The highest BCUT2D eigenvalue weighted by Crippen LogP contribution is 2.36. The third-order valence-corrected chi connectivity index (χ3v) is 3.66. The molecule has 0 bridgehead atoms. The highest BCUT2D eigenvalue weighted by Gasteiger charge is 2.36. The lowest BCUT2D eigenvalue weighted by Crippen LogP contribution is -2.45. The van der Waals surface area contributed by atoms with Crippen LogP contribution >= 0.6 is 0 Å². The Balaban J connectivity index is 2.06. The van der Waals surface area contributed by atoms with Crippen molar-refractivity contribution in [3.63, 3.8) is 0 Å². The lowest BCUT2D eigenvalue weighted by Gasteiger charge is -2.23. The quantitative estimate of drug-likeness (QED) is 0.718. The van der Waals surface area contributed by atoms with E-state index in [9.17, 15) is 36.2 Å². The normalized spacial score (nSPS) is 14.3. The van der Waals surface area contributed by atoms with E-state index in [0.29, 0.717) is 0 Å². The lowest BCUT2D eigenvalue weighted by molar-refractivity contribution is -0.140. The van der Waals surface area contributed by atoms with Gasteiger partial charge in [0.05, 0.1) is 11.1 Å². The first kappa shape index (κ1) is 21.5. The van der Waals surface area contributed by atoms with Gasteiger partial charge >= 0.3 is 12.4 Å². The van der Waals surface area contributed by atoms with Gasteiger partial charge in [-0.1, -0.05) is 12.1 Å². The molecule has 0 saturated carbocycles. The summed E-state index contributed by atoms with van der Waals surface area (Å²) in [7, 11) is 0. The number of hydrogen-bond acceptors (Lipinski definition) is 3. The number of para-hydroxylation sites is 1. The number of alkyl halides is 6. The Morgan fingerprint density at radius 1 is 0.964 bits per heavy atom. The van der Waals surface area contributed by atoms with E-state index in [4.69, 9.17) is 4.74 Å². The van der Waals surface area contributed by atoms with Crippen LogP contribution in [0.5, 0.6) is 5.75 Å². The van der Waals surface area contributed by atoms with Gasteiger partial charge in [0.2, 0.25) is 0 Å². The summed E-state index contributed by atoms with van der Waals surface area (Å²) >= 11 is 0. The maximum Gasteiger partial charge on any atom is 0.419 e. The average Bonchev–Trinajstić information content (AvgIpc) is 2.59. The van der Waals surface area contributed by atoms with Gasteiger partial charge in [0, 0.05) is 5.69 Å². The number of amides is 1. The second kappa shape index (κ2) is 7.70. The largest absolute Gasteiger partial charge is 0.489 e. The summed E-state index contributed by atoms with van der Waals surface area (Å²) in [5.74, 6) is -1.63. The van der Waals surface area contributed by atoms with E-state index in [-0.39, 0.29) is 5.69 Å². The Labute approximate surface area is 155 Å². The summed E-state index contributed by atoms with van der Waals surface area (Å²) in [5.41, 5.74) is -4.28. The first-order valence-electron chi connectivity index (χ1n) is 7.81. The van der Waals surface area contributed by atoms with E-state index in [1.54, 1.807) is 0 Å². The van der Waals surface area contributed by atoms with Crippen molar-refractivity contribution in [2.75, 3.05) is 11.9 Å². The van der Waals surface area contributed by atoms with Crippen molar-refractivity contribution in [3.05, 3.63) is 59.7 Å². The monoisotopic (exact) mass is 407 g/mol. The van der Waals surface area contributed by atoms with Gasteiger partial charge in [-0.15, -0.1) is 0 Å². The van der Waals surface area contributed by atoms with Gasteiger partial charge in [0.15, 0.2) is 5.60 Å². The summed E-state index contributed by atoms with van der Waals surface area (Å²) < 4.78 is 81.3. The Morgan fingerprint density at radius 2 is 1.54 bits per heavy atom. The van der Waals surface area contributed by atoms with E-state index in [0.717, 1.165) is 49.4 Å². The van der Waals surface area contributed by atoms with Gasteiger partial charge in [-0.25, -0.2) is 0 Å². The molecule has 0 saturated heterocycles. The predicted molar refractivity (Wildman–Crippen MR) is 87.6 cm³/mol. The molecule has 0 radical (unpaired) electrons. The van der Waals surface area contributed by atoms with E-state index >= 15 is 0 Å². The maximum atomic E-state index is 12.9. The smallest absolute Gasteiger partial charge is 0.419 e. The summed E-state index contributed by atoms with van der Waals surface area (Å²) in [5, 5.41) is 12.4. The topological polar surface area (TPSA) is 58.6 Å². The third-order valence-electron chi connectivity index (χ3n) is 3.66. The summed E-state index contributed by atoms with van der Waals surface area (Å²) in [6.07, 6.45) is -9.24. The lowest BCUT2D eigenvalue weighted by atomic mass is 10.1. The summed E-state index contributed by atoms with van der Waals surface area (Å²) in [6, 6.07) is 7.71. The van der Waals surface area contributed by atoms with Crippen LogP contribution in [0.1, 0.15) is 18.1 Å². The number of rotatable bonds is 5. The van der Waals surface area contributed by atoms with Crippen LogP contribution < -0.4 is 10.1 Å². The van der Waals surface area contributed by atoms with E-state index < -0.39 is 47.3 Å². The van der Waals surface area contributed by atoms with Crippen molar-refractivity contribution < 1.29 is 41.0 Å². The SMILES string of the molecule is CC(O)(COc1ccccc1C(F)(F)F)C(=O)Nc1ccc(C(F)(F)F)cc1. The maximum absolute atomic E-state index is 12.9. The van der Waals surface area contributed by atoms with Crippen LogP contribution in [-0.2, 0) is 17.1 Å². The Kier molecular flexibility index (Phi) is 5.93. The standard InChI is InChI=1S/C18H15F6NO3/c1-16(27,10-28-14-5-3-2-4-13(14)18(22,23)24)15(26)25-12-8-6-11(7-9-12)17(19,20)21/h2-9,27H,10H2,1H3,(H,25,26). The first-order valence-corrected chi connectivity index (χ1v) is 7.81. The van der Waals surface area contributed by atoms with Gasteiger partial charge in [-0.2, -0.15) is 26.3 Å². The number of halogens is 6. The Morgan fingerprint density at radius 3 is 2.07 bits per heavy atom. The van der Waals surface area contributed by atoms with Gasteiger partial charge in [0.25, 0.3) is 5.91 Å². The minimum atomic E-state index is -4.69. The number of hydrogen-bond donors (Lipinski definition) is 2. The molecule has 0 heterocycles. The molecule has 2 aromatic rings. The molecule has 28 heavy (non-hydrogen) atoms. The molecule has 0 aliphatic carbocycles.